The summed E-state index contributed by atoms with van der Waals surface area (Å²) in [5.74, 6) is -0.924. The second-order valence-electron chi connectivity index (χ2n) is 6.13. The highest BCUT2D eigenvalue weighted by molar-refractivity contribution is 6.04. The number of aryl methyl sites for hydroxylation is 4. The van der Waals surface area contributed by atoms with E-state index in [1.165, 1.54) is 5.56 Å². The van der Waals surface area contributed by atoms with Gasteiger partial charge in [-0.2, -0.15) is 0 Å². The number of pyridine rings is 1. The van der Waals surface area contributed by atoms with Crippen molar-refractivity contribution in [2.75, 3.05) is 0 Å². The molecule has 0 radical (unpaired) electrons. The highest BCUT2D eigenvalue weighted by atomic mass is 16.4. The lowest BCUT2D eigenvalue weighted by Gasteiger charge is -2.11. The maximum absolute atomic E-state index is 11.7. The van der Waals surface area contributed by atoms with Gasteiger partial charge in [0.25, 0.3) is 0 Å². The Balaban J connectivity index is 2.34. The fraction of sp³-hybridized carbons (Fsp3) is 0.200. The van der Waals surface area contributed by atoms with Crippen LogP contribution in [0.2, 0.25) is 0 Å². The molecule has 0 bridgehead atoms. The van der Waals surface area contributed by atoms with E-state index in [9.17, 15) is 9.90 Å². The van der Waals surface area contributed by atoms with Crippen LogP contribution < -0.4 is 0 Å². The Labute approximate surface area is 135 Å². The van der Waals surface area contributed by atoms with Crippen LogP contribution in [0.15, 0.2) is 36.4 Å². The molecule has 1 N–H and O–H groups in total. The Morgan fingerprint density at radius 1 is 0.913 bits per heavy atom. The number of carboxylic acid groups (broad SMARTS) is 1. The third kappa shape index (κ3) is 2.70. The maximum Gasteiger partial charge on any atom is 0.336 e. The van der Waals surface area contributed by atoms with Crippen LogP contribution >= 0.6 is 0 Å². The number of hydrogen-bond donors (Lipinski definition) is 1. The van der Waals surface area contributed by atoms with Crippen molar-refractivity contribution in [1.29, 1.82) is 0 Å². The van der Waals surface area contributed by atoms with Crippen molar-refractivity contribution in [2.45, 2.75) is 27.7 Å². The number of carbonyl (C=O) groups is 1. The molecule has 0 amide bonds. The van der Waals surface area contributed by atoms with Gasteiger partial charge in [-0.05, 0) is 62.6 Å². The van der Waals surface area contributed by atoms with Gasteiger partial charge in [0.15, 0.2) is 0 Å². The number of nitrogens with zero attached hydrogens (tertiary/aromatic N) is 1. The van der Waals surface area contributed by atoms with E-state index in [1.807, 2.05) is 52.0 Å². The van der Waals surface area contributed by atoms with Crippen molar-refractivity contribution in [3.8, 4) is 11.3 Å². The smallest absolute Gasteiger partial charge is 0.336 e. The zero-order valence-electron chi connectivity index (χ0n) is 13.8. The molecule has 3 rings (SSSR count). The van der Waals surface area contributed by atoms with E-state index in [-0.39, 0.29) is 0 Å². The molecule has 0 fully saturated rings. The topological polar surface area (TPSA) is 50.2 Å². The number of fused-ring (bicyclic) bond motifs is 1. The molecule has 1 heterocycles. The average molecular weight is 305 g/mol. The molecular formula is C20H19NO2. The highest BCUT2D eigenvalue weighted by Crippen LogP contribution is 2.29. The minimum Gasteiger partial charge on any atom is -0.478 e. The van der Waals surface area contributed by atoms with Crippen LogP contribution in [0.25, 0.3) is 22.2 Å². The molecule has 3 nitrogen and oxygen atoms in total. The number of benzene rings is 2. The number of hydrogen-bond acceptors (Lipinski definition) is 2. The van der Waals surface area contributed by atoms with Gasteiger partial charge in [0, 0.05) is 10.9 Å². The van der Waals surface area contributed by atoms with Crippen molar-refractivity contribution in [3.63, 3.8) is 0 Å². The number of aromatic carboxylic acids is 1. The van der Waals surface area contributed by atoms with Crippen molar-refractivity contribution in [1.82, 2.24) is 4.98 Å². The van der Waals surface area contributed by atoms with Crippen LogP contribution in [0.5, 0.6) is 0 Å². The molecule has 0 saturated carbocycles. The zero-order valence-corrected chi connectivity index (χ0v) is 13.8. The van der Waals surface area contributed by atoms with Crippen LogP contribution in [0.3, 0.4) is 0 Å². The van der Waals surface area contributed by atoms with Gasteiger partial charge in [0.05, 0.1) is 16.8 Å². The summed E-state index contributed by atoms with van der Waals surface area (Å²) in [4.78, 5) is 16.4. The summed E-state index contributed by atoms with van der Waals surface area (Å²) in [6.45, 7) is 8.06. The van der Waals surface area contributed by atoms with E-state index in [2.05, 4.69) is 6.07 Å². The lowest BCUT2D eigenvalue weighted by atomic mass is 9.98. The van der Waals surface area contributed by atoms with Crippen molar-refractivity contribution in [2.24, 2.45) is 0 Å². The minimum atomic E-state index is -0.924. The summed E-state index contributed by atoms with van der Waals surface area (Å²) in [6, 6.07) is 11.7. The maximum atomic E-state index is 11.7. The molecule has 0 unspecified atom stereocenters. The SMILES string of the molecule is Cc1ccc(-c2cc(C(=O)O)c3cc(C)c(C)cc3n2)c(C)c1. The van der Waals surface area contributed by atoms with E-state index in [0.29, 0.717) is 16.6 Å². The van der Waals surface area contributed by atoms with Gasteiger partial charge in [-0.1, -0.05) is 23.8 Å². The molecule has 0 atom stereocenters. The first-order valence-corrected chi connectivity index (χ1v) is 7.60. The molecule has 0 aliphatic heterocycles. The monoisotopic (exact) mass is 305 g/mol. The summed E-state index contributed by atoms with van der Waals surface area (Å²) in [5.41, 5.74) is 7.15. The summed E-state index contributed by atoms with van der Waals surface area (Å²) < 4.78 is 0. The van der Waals surface area contributed by atoms with Crippen LogP contribution in [0, 0.1) is 27.7 Å². The second kappa shape index (κ2) is 5.51. The minimum absolute atomic E-state index is 0.299. The molecule has 2 aromatic carbocycles. The van der Waals surface area contributed by atoms with Gasteiger partial charge in [-0.15, -0.1) is 0 Å². The predicted molar refractivity (Wildman–Crippen MR) is 93.1 cm³/mol. The first kappa shape index (κ1) is 15.2. The van der Waals surface area contributed by atoms with E-state index in [1.54, 1.807) is 6.07 Å². The summed E-state index contributed by atoms with van der Waals surface area (Å²) >= 11 is 0. The van der Waals surface area contributed by atoms with Crippen molar-refractivity contribution < 1.29 is 9.90 Å². The average Bonchev–Trinajstić information content (AvgIpc) is 2.47. The lowest BCUT2D eigenvalue weighted by Crippen LogP contribution is -2.01. The summed E-state index contributed by atoms with van der Waals surface area (Å²) in [5, 5.41) is 10.3. The van der Waals surface area contributed by atoms with Gasteiger partial charge in [0.2, 0.25) is 0 Å². The largest absolute Gasteiger partial charge is 0.478 e. The molecule has 0 saturated heterocycles. The third-order valence-corrected chi connectivity index (χ3v) is 4.31. The van der Waals surface area contributed by atoms with Crippen LogP contribution in [-0.4, -0.2) is 16.1 Å². The standard InChI is InChI=1S/C20H19NO2/c1-11-5-6-15(14(4)7-11)19-10-17(20(22)23)16-8-12(2)13(3)9-18(16)21-19/h5-10H,1-4H3,(H,22,23). The predicted octanol–water partition coefficient (Wildman–Crippen LogP) is 4.83. The highest BCUT2D eigenvalue weighted by Gasteiger charge is 2.15. The van der Waals surface area contributed by atoms with Crippen LogP contribution in [0.1, 0.15) is 32.6 Å². The molecule has 23 heavy (non-hydrogen) atoms. The number of carboxylic acids is 1. The molecule has 116 valence electrons. The Kier molecular flexibility index (Phi) is 3.64. The second-order valence-corrected chi connectivity index (χ2v) is 6.13. The fourth-order valence-corrected chi connectivity index (χ4v) is 2.90. The van der Waals surface area contributed by atoms with Crippen molar-refractivity contribution >= 4 is 16.9 Å². The van der Waals surface area contributed by atoms with Gasteiger partial charge in [-0.3, -0.25) is 0 Å². The molecule has 0 aliphatic rings. The van der Waals surface area contributed by atoms with Crippen LogP contribution in [-0.2, 0) is 0 Å². The van der Waals surface area contributed by atoms with E-state index >= 15 is 0 Å². The first-order valence-electron chi connectivity index (χ1n) is 7.60. The number of aromatic nitrogens is 1. The molecule has 0 spiro atoms. The fourth-order valence-electron chi connectivity index (χ4n) is 2.90. The Morgan fingerprint density at radius 3 is 2.26 bits per heavy atom. The van der Waals surface area contributed by atoms with Gasteiger partial charge in [0.1, 0.15) is 0 Å². The Hall–Kier alpha value is -2.68. The Bertz CT molecular complexity index is 942. The van der Waals surface area contributed by atoms with E-state index in [4.69, 9.17) is 4.98 Å². The van der Waals surface area contributed by atoms with Gasteiger partial charge >= 0.3 is 5.97 Å². The zero-order chi connectivity index (χ0) is 16.7. The summed E-state index contributed by atoms with van der Waals surface area (Å²) in [7, 11) is 0. The quantitative estimate of drug-likeness (QED) is 0.737. The van der Waals surface area contributed by atoms with Gasteiger partial charge < -0.3 is 5.11 Å². The molecule has 0 aliphatic carbocycles. The summed E-state index contributed by atoms with van der Waals surface area (Å²) in [6.07, 6.45) is 0. The molecule has 1 aromatic heterocycles. The lowest BCUT2D eigenvalue weighted by molar-refractivity contribution is 0.0699. The van der Waals surface area contributed by atoms with Crippen molar-refractivity contribution in [3.05, 3.63) is 64.2 Å². The van der Waals surface area contributed by atoms with E-state index in [0.717, 1.165) is 27.8 Å². The van der Waals surface area contributed by atoms with Crippen LogP contribution in [0.4, 0.5) is 0 Å². The normalized spacial score (nSPS) is 11.0. The number of rotatable bonds is 2. The van der Waals surface area contributed by atoms with E-state index < -0.39 is 5.97 Å². The third-order valence-electron chi connectivity index (χ3n) is 4.31. The Morgan fingerprint density at radius 2 is 1.61 bits per heavy atom. The molecular weight excluding hydrogens is 286 g/mol. The first-order chi connectivity index (χ1) is 10.9. The molecule has 3 aromatic rings. The molecule has 3 heteroatoms. The van der Waals surface area contributed by atoms with Gasteiger partial charge in [-0.25, -0.2) is 9.78 Å².